The molecule has 6 heteroatoms. The summed E-state index contributed by atoms with van der Waals surface area (Å²) in [4.78, 5) is 16.4. The number of carbonyl (C=O) groups excluding carboxylic acids is 1. The Labute approximate surface area is 141 Å². The van der Waals surface area contributed by atoms with Crippen LogP contribution in [0.3, 0.4) is 0 Å². The van der Waals surface area contributed by atoms with Crippen LogP contribution in [0.1, 0.15) is 17.7 Å². The lowest BCUT2D eigenvalue weighted by atomic mass is 10.2. The maximum Gasteiger partial charge on any atom is 0.321 e. The number of anilines is 2. The molecular weight excluding hydrogens is 302 g/mol. The van der Waals surface area contributed by atoms with Crippen molar-refractivity contribution in [3.05, 3.63) is 47.7 Å². The molecular formula is C18H21N5O. The van der Waals surface area contributed by atoms with Crippen LogP contribution in [0, 0.1) is 0 Å². The second-order valence-electron chi connectivity index (χ2n) is 6.30. The number of aromatic nitrogens is 2. The van der Waals surface area contributed by atoms with E-state index in [0.29, 0.717) is 13.1 Å². The predicted molar refractivity (Wildman–Crippen MR) is 93.3 cm³/mol. The minimum Gasteiger partial charge on any atom is -0.352 e. The van der Waals surface area contributed by atoms with Gasteiger partial charge in [-0.15, -0.1) is 5.10 Å². The van der Waals surface area contributed by atoms with Crippen molar-refractivity contribution < 1.29 is 4.79 Å². The first-order valence-electron chi connectivity index (χ1n) is 8.51. The summed E-state index contributed by atoms with van der Waals surface area (Å²) in [6, 6.07) is 11.7. The number of benzene rings is 1. The molecule has 1 saturated heterocycles. The van der Waals surface area contributed by atoms with Gasteiger partial charge >= 0.3 is 6.03 Å². The average molecular weight is 323 g/mol. The number of amides is 2. The summed E-state index contributed by atoms with van der Waals surface area (Å²) in [6.07, 6.45) is 3.34. The highest BCUT2D eigenvalue weighted by molar-refractivity contribution is 5.89. The van der Waals surface area contributed by atoms with Crippen molar-refractivity contribution in [3.8, 4) is 0 Å². The summed E-state index contributed by atoms with van der Waals surface area (Å²) in [7, 11) is 0. The second kappa shape index (κ2) is 6.47. The Bertz CT molecular complexity index is 725. The predicted octanol–water partition coefficient (Wildman–Crippen LogP) is 2.32. The summed E-state index contributed by atoms with van der Waals surface area (Å²) < 4.78 is 0. The van der Waals surface area contributed by atoms with Crippen LogP contribution in [0.5, 0.6) is 0 Å². The van der Waals surface area contributed by atoms with Crippen LogP contribution in [-0.4, -0.2) is 47.3 Å². The summed E-state index contributed by atoms with van der Waals surface area (Å²) in [5.74, 6) is 0.943. The van der Waals surface area contributed by atoms with Crippen LogP contribution < -0.4 is 10.2 Å². The van der Waals surface area contributed by atoms with E-state index in [2.05, 4.69) is 26.5 Å². The highest BCUT2D eigenvalue weighted by atomic mass is 16.2. The smallest absolute Gasteiger partial charge is 0.321 e. The van der Waals surface area contributed by atoms with E-state index in [1.165, 1.54) is 12.0 Å². The number of nitrogens with one attached hydrogen (secondary N) is 1. The van der Waals surface area contributed by atoms with Gasteiger partial charge in [-0.2, -0.15) is 5.10 Å². The molecule has 124 valence electrons. The number of rotatable bonds is 2. The highest BCUT2D eigenvalue weighted by Gasteiger charge is 2.23. The number of piperazine rings is 1. The molecule has 0 spiro atoms. The summed E-state index contributed by atoms with van der Waals surface area (Å²) in [5.41, 5.74) is 3.32. The Morgan fingerprint density at radius 3 is 2.58 bits per heavy atom. The standard InChI is InChI=1S/C18H21N5O/c24-18(19-15-6-2-1-3-7-15)23-11-9-22(10-12-23)17-13-14-5-4-8-16(14)20-21-17/h1-3,6-7,13H,4-5,8-12H2,(H,19,24). The molecule has 0 bridgehead atoms. The van der Waals surface area contributed by atoms with Gasteiger partial charge in [-0.3, -0.25) is 0 Å². The molecule has 4 rings (SSSR count). The maximum atomic E-state index is 12.3. The third-order valence-electron chi connectivity index (χ3n) is 4.72. The van der Waals surface area contributed by atoms with E-state index in [1.54, 1.807) is 0 Å². The average Bonchev–Trinajstić information content (AvgIpc) is 3.10. The Morgan fingerprint density at radius 2 is 1.79 bits per heavy atom. The summed E-state index contributed by atoms with van der Waals surface area (Å²) in [6.45, 7) is 2.96. The zero-order chi connectivity index (χ0) is 16.4. The van der Waals surface area contributed by atoms with Crippen LogP contribution in [0.4, 0.5) is 16.3 Å². The lowest BCUT2D eigenvalue weighted by Crippen LogP contribution is -2.50. The Balaban J connectivity index is 1.35. The Hall–Kier alpha value is -2.63. The first kappa shape index (κ1) is 14.9. The monoisotopic (exact) mass is 323 g/mol. The number of nitrogens with zero attached hydrogens (tertiary/aromatic N) is 4. The molecule has 1 N–H and O–H groups in total. The maximum absolute atomic E-state index is 12.3. The Kier molecular flexibility index (Phi) is 4.02. The number of fused-ring (bicyclic) bond motifs is 1. The first-order chi connectivity index (χ1) is 11.8. The van der Waals surface area contributed by atoms with E-state index >= 15 is 0 Å². The molecule has 0 atom stereocenters. The van der Waals surface area contributed by atoms with E-state index in [-0.39, 0.29) is 6.03 Å². The van der Waals surface area contributed by atoms with Gasteiger partial charge in [-0.1, -0.05) is 18.2 Å². The number of hydrogen-bond donors (Lipinski definition) is 1. The van der Waals surface area contributed by atoms with Gasteiger partial charge in [0.15, 0.2) is 5.82 Å². The van der Waals surface area contributed by atoms with E-state index < -0.39 is 0 Å². The molecule has 6 nitrogen and oxygen atoms in total. The van der Waals surface area contributed by atoms with Crippen molar-refractivity contribution in [1.29, 1.82) is 0 Å². The molecule has 0 unspecified atom stereocenters. The van der Waals surface area contributed by atoms with Gasteiger partial charge in [0.05, 0.1) is 5.69 Å². The van der Waals surface area contributed by atoms with Crippen molar-refractivity contribution in [2.75, 3.05) is 36.4 Å². The molecule has 1 aliphatic heterocycles. The topological polar surface area (TPSA) is 61.4 Å². The third kappa shape index (κ3) is 3.04. The van der Waals surface area contributed by atoms with Crippen molar-refractivity contribution >= 4 is 17.5 Å². The van der Waals surface area contributed by atoms with E-state index in [1.807, 2.05) is 35.2 Å². The van der Waals surface area contributed by atoms with Gasteiger partial charge in [0.1, 0.15) is 0 Å². The van der Waals surface area contributed by atoms with Gasteiger partial charge in [-0.25, -0.2) is 4.79 Å². The molecule has 2 amide bonds. The van der Waals surface area contributed by atoms with Crippen molar-refractivity contribution in [2.24, 2.45) is 0 Å². The normalized spacial score (nSPS) is 16.8. The number of hydrogen-bond acceptors (Lipinski definition) is 4. The number of urea groups is 1. The zero-order valence-electron chi connectivity index (χ0n) is 13.6. The molecule has 1 aliphatic carbocycles. The highest BCUT2D eigenvalue weighted by Crippen LogP contribution is 2.23. The van der Waals surface area contributed by atoms with Crippen LogP contribution in [0.25, 0.3) is 0 Å². The molecule has 0 radical (unpaired) electrons. The van der Waals surface area contributed by atoms with Gasteiger partial charge in [-0.05, 0) is 43.0 Å². The fourth-order valence-corrected chi connectivity index (χ4v) is 3.33. The summed E-state index contributed by atoms with van der Waals surface area (Å²) >= 11 is 0. The zero-order valence-corrected chi connectivity index (χ0v) is 13.6. The van der Waals surface area contributed by atoms with Gasteiger partial charge < -0.3 is 15.1 Å². The first-order valence-corrected chi connectivity index (χ1v) is 8.51. The minimum absolute atomic E-state index is 0.0408. The second-order valence-corrected chi connectivity index (χ2v) is 6.30. The minimum atomic E-state index is -0.0408. The van der Waals surface area contributed by atoms with Gasteiger partial charge in [0.2, 0.25) is 0 Å². The third-order valence-corrected chi connectivity index (χ3v) is 4.72. The molecule has 2 heterocycles. The molecule has 1 aromatic heterocycles. The lowest BCUT2D eigenvalue weighted by Gasteiger charge is -2.35. The van der Waals surface area contributed by atoms with Crippen LogP contribution in [0.15, 0.2) is 36.4 Å². The van der Waals surface area contributed by atoms with E-state index in [0.717, 1.165) is 43.1 Å². The molecule has 24 heavy (non-hydrogen) atoms. The van der Waals surface area contributed by atoms with Gasteiger partial charge in [0, 0.05) is 31.9 Å². The quantitative estimate of drug-likeness (QED) is 0.921. The molecule has 0 saturated carbocycles. The fraction of sp³-hybridized carbons (Fsp3) is 0.389. The van der Waals surface area contributed by atoms with Crippen LogP contribution >= 0.6 is 0 Å². The molecule has 2 aliphatic rings. The SMILES string of the molecule is O=C(Nc1ccccc1)N1CCN(c2cc3c(nn2)CCC3)CC1. The number of aryl methyl sites for hydroxylation is 2. The van der Waals surface area contributed by atoms with E-state index in [4.69, 9.17) is 0 Å². The van der Waals surface area contributed by atoms with Crippen LogP contribution in [-0.2, 0) is 12.8 Å². The van der Waals surface area contributed by atoms with Crippen molar-refractivity contribution in [2.45, 2.75) is 19.3 Å². The van der Waals surface area contributed by atoms with Crippen molar-refractivity contribution in [1.82, 2.24) is 15.1 Å². The summed E-state index contributed by atoms with van der Waals surface area (Å²) in [5, 5.41) is 11.7. The molecule has 1 fully saturated rings. The Morgan fingerprint density at radius 1 is 1.00 bits per heavy atom. The number of carbonyl (C=O) groups is 1. The van der Waals surface area contributed by atoms with Crippen molar-refractivity contribution in [3.63, 3.8) is 0 Å². The van der Waals surface area contributed by atoms with Gasteiger partial charge in [0.25, 0.3) is 0 Å². The molecule has 1 aromatic carbocycles. The number of para-hydroxylation sites is 1. The lowest BCUT2D eigenvalue weighted by molar-refractivity contribution is 0.208. The van der Waals surface area contributed by atoms with Crippen LogP contribution in [0.2, 0.25) is 0 Å². The fourth-order valence-electron chi connectivity index (χ4n) is 3.33. The molecule has 2 aromatic rings. The van der Waals surface area contributed by atoms with E-state index in [9.17, 15) is 4.79 Å². The largest absolute Gasteiger partial charge is 0.352 e.